The first-order chi connectivity index (χ1) is 11.3. The zero-order valence-corrected chi connectivity index (χ0v) is 14.0. The van der Waals surface area contributed by atoms with E-state index in [0.29, 0.717) is 17.3 Å². The van der Waals surface area contributed by atoms with Crippen LogP contribution in [0.4, 0.5) is 4.39 Å². The summed E-state index contributed by atoms with van der Waals surface area (Å²) < 4.78 is 14.0. The van der Waals surface area contributed by atoms with Crippen LogP contribution in [-0.2, 0) is 13.1 Å². The minimum Gasteiger partial charge on any atom is -0.501 e. The molecule has 2 aromatic rings. The number of thioether (sulfide) groups is 1. The number of nitrogens with zero attached hydrogens (tertiary/aromatic N) is 2. The van der Waals surface area contributed by atoms with Crippen molar-refractivity contribution in [1.29, 1.82) is 0 Å². The number of aromatic nitrogens is 2. The van der Waals surface area contributed by atoms with Gasteiger partial charge in [-0.3, -0.25) is 14.2 Å². The van der Waals surface area contributed by atoms with Crippen LogP contribution in [-0.4, -0.2) is 25.3 Å². The van der Waals surface area contributed by atoms with Crippen molar-refractivity contribution >= 4 is 17.7 Å². The number of halogens is 1. The molecule has 0 bridgehead atoms. The number of fused-ring (bicyclic) bond motifs is 1. The molecule has 2 heterocycles. The molecule has 0 fully saturated rings. The number of nitrogens with one attached hydrogen (secondary N) is 1. The van der Waals surface area contributed by atoms with E-state index in [2.05, 4.69) is 10.3 Å². The largest absolute Gasteiger partial charge is 0.501 e. The molecule has 1 aromatic carbocycles. The highest BCUT2D eigenvalue weighted by Crippen LogP contribution is 2.38. The summed E-state index contributed by atoms with van der Waals surface area (Å²) in [4.78, 5) is 28.6. The molecule has 3 rings (SSSR count). The van der Waals surface area contributed by atoms with Gasteiger partial charge in [0.05, 0.1) is 0 Å². The molecular formula is C16H16FN3O3S. The van der Waals surface area contributed by atoms with Crippen LogP contribution in [0.5, 0.6) is 5.75 Å². The molecule has 0 unspecified atom stereocenters. The summed E-state index contributed by atoms with van der Waals surface area (Å²) in [7, 11) is 0. The van der Waals surface area contributed by atoms with Crippen LogP contribution in [0.25, 0.3) is 0 Å². The molecule has 2 N–H and O–H groups in total. The molecule has 24 heavy (non-hydrogen) atoms. The second-order valence-electron chi connectivity index (χ2n) is 6.15. The van der Waals surface area contributed by atoms with Crippen LogP contribution < -0.4 is 10.9 Å². The molecular weight excluding hydrogens is 333 g/mol. The fourth-order valence-electron chi connectivity index (χ4n) is 2.43. The molecule has 126 valence electrons. The third kappa shape index (κ3) is 3.14. The Balaban J connectivity index is 1.82. The lowest BCUT2D eigenvalue weighted by Gasteiger charge is -2.12. The summed E-state index contributed by atoms with van der Waals surface area (Å²) in [5.41, 5.74) is -0.221. The maximum absolute atomic E-state index is 12.9. The van der Waals surface area contributed by atoms with Crippen molar-refractivity contribution < 1.29 is 14.3 Å². The van der Waals surface area contributed by atoms with Gasteiger partial charge in [-0.15, -0.1) is 0 Å². The van der Waals surface area contributed by atoms with Gasteiger partial charge in [-0.2, -0.15) is 0 Å². The van der Waals surface area contributed by atoms with Gasteiger partial charge in [0.25, 0.3) is 11.5 Å². The van der Waals surface area contributed by atoms with Gasteiger partial charge in [0.2, 0.25) is 5.75 Å². The first kappa shape index (κ1) is 16.5. The first-order valence-corrected chi connectivity index (χ1v) is 8.14. The zero-order valence-electron chi connectivity index (χ0n) is 13.2. The highest BCUT2D eigenvalue weighted by Gasteiger charge is 2.34. The first-order valence-electron chi connectivity index (χ1n) is 7.32. The monoisotopic (exact) mass is 349 g/mol. The molecule has 0 aliphatic carbocycles. The number of amides is 1. The Kier molecular flexibility index (Phi) is 4.08. The Morgan fingerprint density at radius 1 is 1.42 bits per heavy atom. The molecule has 1 aliphatic rings. The molecule has 0 spiro atoms. The van der Waals surface area contributed by atoms with Crippen molar-refractivity contribution in [3.8, 4) is 5.75 Å². The second kappa shape index (κ2) is 5.94. The fraction of sp³-hybridized carbons (Fsp3) is 0.312. The summed E-state index contributed by atoms with van der Waals surface area (Å²) in [6.07, 6.45) is 0. The number of hydrogen-bond acceptors (Lipinski definition) is 5. The van der Waals surface area contributed by atoms with Gasteiger partial charge in [-0.1, -0.05) is 23.9 Å². The van der Waals surface area contributed by atoms with E-state index < -0.39 is 17.2 Å². The SMILES string of the molecule is CC1(C)Cn2c(nc(C(=O)NCc3ccc(F)cc3)c(O)c2=O)S1. The molecule has 0 saturated carbocycles. The third-order valence-corrected chi connectivity index (χ3v) is 4.77. The summed E-state index contributed by atoms with van der Waals surface area (Å²) in [5.74, 6) is -1.67. The van der Waals surface area contributed by atoms with Gasteiger partial charge >= 0.3 is 0 Å². The van der Waals surface area contributed by atoms with Crippen LogP contribution in [0.1, 0.15) is 29.9 Å². The normalized spacial score (nSPS) is 15.1. The molecule has 8 heteroatoms. The minimum absolute atomic E-state index is 0.136. The van der Waals surface area contributed by atoms with Crippen molar-refractivity contribution in [2.45, 2.75) is 36.8 Å². The van der Waals surface area contributed by atoms with Gasteiger partial charge in [-0.25, -0.2) is 9.37 Å². The van der Waals surface area contributed by atoms with Crippen LogP contribution in [0.2, 0.25) is 0 Å². The predicted molar refractivity (Wildman–Crippen MR) is 87.7 cm³/mol. The van der Waals surface area contributed by atoms with E-state index in [1.807, 2.05) is 13.8 Å². The summed E-state index contributed by atoms with van der Waals surface area (Å²) in [5, 5.41) is 13.0. The summed E-state index contributed by atoms with van der Waals surface area (Å²) in [6.45, 7) is 4.47. The topological polar surface area (TPSA) is 84.2 Å². The number of rotatable bonds is 3. The third-order valence-electron chi connectivity index (χ3n) is 3.60. The molecule has 1 aliphatic heterocycles. The Bertz CT molecular complexity index is 862. The van der Waals surface area contributed by atoms with E-state index in [-0.39, 0.29) is 22.8 Å². The van der Waals surface area contributed by atoms with Crippen molar-refractivity contribution in [3.63, 3.8) is 0 Å². The van der Waals surface area contributed by atoms with Gasteiger partial charge in [0, 0.05) is 17.8 Å². The Hall–Kier alpha value is -2.35. The predicted octanol–water partition coefficient (Wildman–Crippen LogP) is 1.90. The van der Waals surface area contributed by atoms with Gasteiger partial charge < -0.3 is 10.4 Å². The number of benzene rings is 1. The maximum atomic E-state index is 12.9. The molecule has 0 saturated heterocycles. The van der Waals surface area contributed by atoms with E-state index in [9.17, 15) is 19.1 Å². The lowest BCUT2D eigenvalue weighted by molar-refractivity contribution is 0.0941. The molecule has 0 atom stereocenters. The highest BCUT2D eigenvalue weighted by atomic mass is 32.2. The van der Waals surface area contributed by atoms with Crippen molar-refractivity contribution in [2.75, 3.05) is 0 Å². The Labute approximate surface area is 141 Å². The van der Waals surface area contributed by atoms with E-state index >= 15 is 0 Å². The average Bonchev–Trinajstić information content (AvgIpc) is 2.85. The number of carbonyl (C=O) groups excluding carboxylic acids is 1. The van der Waals surface area contributed by atoms with Gasteiger partial charge in [0.15, 0.2) is 10.9 Å². The Morgan fingerprint density at radius 3 is 2.75 bits per heavy atom. The van der Waals surface area contributed by atoms with E-state index in [1.165, 1.54) is 28.5 Å². The standard InChI is InChI=1S/C16H16FN3O3S/c1-16(2)8-20-14(23)12(21)11(19-15(20)24-16)13(22)18-7-9-3-5-10(17)6-4-9/h3-6,21H,7-8H2,1-2H3,(H,18,22). The zero-order chi connectivity index (χ0) is 17.5. The van der Waals surface area contributed by atoms with Crippen molar-refractivity contribution in [3.05, 3.63) is 51.7 Å². The van der Waals surface area contributed by atoms with Crippen LogP contribution in [0, 0.1) is 5.82 Å². The smallest absolute Gasteiger partial charge is 0.297 e. The van der Waals surface area contributed by atoms with Crippen LogP contribution >= 0.6 is 11.8 Å². The Morgan fingerprint density at radius 2 is 2.08 bits per heavy atom. The molecule has 1 amide bonds. The molecule has 6 nitrogen and oxygen atoms in total. The fourth-order valence-corrected chi connectivity index (χ4v) is 3.51. The second-order valence-corrected chi connectivity index (χ2v) is 7.83. The summed E-state index contributed by atoms with van der Waals surface area (Å²) in [6, 6.07) is 5.66. The van der Waals surface area contributed by atoms with Gasteiger partial charge in [-0.05, 0) is 31.5 Å². The highest BCUT2D eigenvalue weighted by molar-refractivity contribution is 8.00. The van der Waals surface area contributed by atoms with Crippen LogP contribution in [0.3, 0.4) is 0 Å². The van der Waals surface area contributed by atoms with Crippen molar-refractivity contribution in [2.24, 2.45) is 0 Å². The van der Waals surface area contributed by atoms with E-state index in [1.54, 1.807) is 12.1 Å². The molecule has 0 radical (unpaired) electrons. The quantitative estimate of drug-likeness (QED) is 0.827. The summed E-state index contributed by atoms with van der Waals surface area (Å²) >= 11 is 1.38. The number of aromatic hydroxyl groups is 1. The van der Waals surface area contributed by atoms with E-state index in [4.69, 9.17) is 0 Å². The number of hydrogen-bond donors (Lipinski definition) is 2. The van der Waals surface area contributed by atoms with Crippen molar-refractivity contribution in [1.82, 2.24) is 14.9 Å². The minimum atomic E-state index is -0.659. The average molecular weight is 349 g/mol. The van der Waals surface area contributed by atoms with E-state index in [0.717, 1.165) is 0 Å². The lowest BCUT2D eigenvalue weighted by atomic mass is 10.2. The maximum Gasteiger partial charge on any atom is 0.297 e. The molecule has 1 aromatic heterocycles. The van der Waals surface area contributed by atoms with Gasteiger partial charge in [0.1, 0.15) is 5.82 Å². The van der Waals surface area contributed by atoms with Crippen LogP contribution in [0.15, 0.2) is 34.2 Å². The lowest BCUT2D eigenvalue weighted by Crippen LogP contribution is -2.30. The number of carbonyl (C=O) groups is 1.